The number of hydrogen-bond donors (Lipinski definition) is 1. The first-order valence-electron chi connectivity index (χ1n) is 4.12. The van der Waals surface area contributed by atoms with Crippen molar-refractivity contribution < 1.29 is 0 Å². The van der Waals surface area contributed by atoms with E-state index in [0.717, 1.165) is 16.8 Å². The number of rotatable bonds is 2. The minimum Gasteiger partial charge on any atom is -0.323 e. The number of nitrogens with two attached hydrogens (primary N) is 1. The summed E-state index contributed by atoms with van der Waals surface area (Å²) in [4.78, 5) is 4.22. The molecule has 0 saturated heterocycles. The molecule has 0 bridgehead atoms. The topological polar surface area (TPSA) is 51.3 Å². The van der Waals surface area contributed by atoms with Crippen LogP contribution >= 0.6 is 11.3 Å². The summed E-state index contributed by atoms with van der Waals surface area (Å²) >= 11 is 1.59. The van der Waals surface area contributed by atoms with Crippen LogP contribution in [-0.2, 0) is 0 Å². The minimum absolute atomic E-state index is 0.992. The smallest absolute Gasteiger partial charge is 0.0811 e. The Morgan fingerprint density at radius 1 is 1.29 bits per heavy atom. The molecule has 0 spiro atoms. The van der Waals surface area contributed by atoms with Crippen molar-refractivity contribution in [1.29, 1.82) is 0 Å². The Balaban J connectivity index is 2.31. The summed E-state index contributed by atoms with van der Waals surface area (Å²) < 4.78 is 0. The van der Waals surface area contributed by atoms with Crippen molar-refractivity contribution in [1.82, 2.24) is 4.98 Å². The van der Waals surface area contributed by atoms with Crippen LogP contribution in [-0.4, -0.2) is 11.2 Å². The zero-order chi connectivity index (χ0) is 9.80. The SMILES string of the molecule is NN=Cc1ccc(-c2cscn2)cc1. The Bertz CT molecular complexity index is 417. The Hall–Kier alpha value is -1.68. The van der Waals surface area contributed by atoms with Gasteiger partial charge in [0.1, 0.15) is 0 Å². The molecule has 1 heterocycles. The minimum atomic E-state index is 0.992. The van der Waals surface area contributed by atoms with Crippen LogP contribution in [0.2, 0.25) is 0 Å². The Labute approximate surface area is 85.9 Å². The van der Waals surface area contributed by atoms with E-state index in [2.05, 4.69) is 10.1 Å². The van der Waals surface area contributed by atoms with Gasteiger partial charge in [0, 0.05) is 10.9 Å². The van der Waals surface area contributed by atoms with Crippen molar-refractivity contribution >= 4 is 17.6 Å². The van der Waals surface area contributed by atoms with Gasteiger partial charge in [-0.25, -0.2) is 4.98 Å². The van der Waals surface area contributed by atoms with Gasteiger partial charge in [-0.15, -0.1) is 11.3 Å². The number of hydrazone groups is 1. The zero-order valence-electron chi connectivity index (χ0n) is 7.42. The van der Waals surface area contributed by atoms with Crippen LogP contribution in [0.5, 0.6) is 0 Å². The molecule has 14 heavy (non-hydrogen) atoms. The van der Waals surface area contributed by atoms with Crippen LogP contribution in [0, 0.1) is 0 Å². The van der Waals surface area contributed by atoms with E-state index in [9.17, 15) is 0 Å². The van der Waals surface area contributed by atoms with E-state index >= 15 is 0 Å². The first-order valence-corrected chi connectivity index (χ1v) is 5.06. The van der Waals surface area contributed by atoms with Crippen LogP contribution in [0.4, 0.5) is 0 Å². The van der Waals surface area contributed by atoms with Gasteiger partial charge in [-0.1, -0.05) is 24.3 Å². The lowest BCUT2D eigenvalue weighted by atomic mass is 10.1. The third-order valence-corrected chi connectivity index (χ3v) is 2.45. The first kappa shape index (κ1) is 8.90. The highest BCUT2D eigenvalue weighted by Gasteiger charge is 1.98. The number of aromatic nitrogens is 1. The molecule has 0 aliphatic rings. The summed E-state index contributed by atoms with van der Waals surface area (Å²) in [6.45, 7) is 0. The highest BCUT2D eigenvalue weighted by atomic mass is 32.1. The summed E-state index contributed by atoms with van der Waals surface area (Å²) in [6, 6.07) is 7.94. The number of hydrogen-bond acceptors (Lipinski definition) is 4. The van der Waals surface area contributed by atoms with E-state index in [0.29, 0.717) is 0 Å². The van der Waals surface area contributed by atoms with Crippen molar-refractivity contribution in [3.63, 3.8) is 0 Å². The van der Waals surface area contributed by atoms with E-state index in [4.69, 9.17) is 5.84 Å². The quantitative estimate of drug-likeness (QED) is 0.461. The molecule has 70 valence electrons. The van der Waals surface area contributed by atoms with Gasteiger partial charge in [0.15, 0.2) is 0 Å². The van der Waals surface area contributed by atoms with Gasteiger partial charge in [-0.3, -0.25) is 0 Å². The summed E-state index contributed by atoms with van der Waals surface area (Å²) in [6.07, 6.45) is 1.62. The molecule has 0 aliphatic heterocycles. The molecule has 4 heteroatoms. The largest absolute Gasteiger partial charge is 0.323 e. The van der Waals surface area contributed by atoms with E-state index in [1.807, 2.05) is 35.2 Å². The van der Waals surface area contributed by atoms with Crippen LogP contribution < -0.4 is 5.84 Å². The lowest BCUT2D eigenvalue weighted by Gasteiger charge is -1.96. The molecule has 2 N–H and O–H groups in total. The fourth-order valence-corrected chi connectivity index (χ4v) is 1.74. The molecule has 0 aliphatic carbocycles. The highest BCUT2D eigenvalue weighted by molar-refractivity contribution is 7.07. The Morgan fingerprint density at radius 3 is 2.64 bits per heavy atom. The first-order chi connectivity index (χ1) is 6.90. The predicted octanol–water partition coefficient (Wildman–Crippen LogP) is 2.10. The summed E-state index contributed by atoms with van der Waals surface area (Å²) in [5.74, 6) is 5.05. The maximum atomic E-state index is 5.05. The number of thiazole rings is 1. The van der Waals surface area contributed by atoms with Crippen LogP contribution in [0.1, 0.15) is 5.56 Å². The van der Waals surface area contributed by atoms with Crippen LogP contribution in [0.25, 0.3) is 11.3 Å². The van der Waals surface area contributed by atoms with Crippen molar-refractivity contribution in [2.75, 3.05) is 0 Å². The summed E-state index contributed by atoms with van der Waals surface area (Å²) in [5.41, 5.74) is 4.93. The van der Waals surface area contributed by atoms with E-state index in [1.54, 1.807) is 17.6 Å². The maximum absolute atomic E-state index is 5.05. The number of nitrogens with zero attached hydrogens (tertiary/aromatic N) is 2. The predicted molar refractivity (Wildman–Crippen MR) is 59.3 cm³/mol. The summed E-state index contributed by atoms with van der Waals surface area (Å²) in [7, 11) is 0. The summed E-state index contributed by atoms with van der Waals surface area (Å²) in [5, 5.41) is 5.48. The molecule has 0 atom stereocenters. The van der Waals surface area contributed by atoms with Gasteiger partial charge in [-0.05, 0) is 5.56 Å². The fourth-order valence-electron chi connectivity index (χ4n) is 1.18. The third kappa shape index (κ3) is 1.80. The van der Waals surface area contributed by atoms with E-state index in [-0.39, 0.29) is 0 Å². The van der Waals surface area contributed by atoms with E-state index < -0.39 is 0 Å². The zero-order valence-corrected chi connectivity index (χ0v) is 8.24. The lowest BCUT2D eigenvalue weighted by molar-refractivity contribution is 1.26. The second-order valence-corrected chi connectivity index (χ2v) is 3.49. The van der Waals surface area contributed by atoms with Gasteiger partial charge in [0.25, 0.3) is 0 Å². The Morgan fingerprint density at radius 2 is 2.07 bits per heavy atom. The molecule has 0 radical (unpaired) electrons. The molecular weight excluding hydrogens is 194 g/mol. The molecule has 0 saturated carbocycles. The molecule has 1 aromatic heterocycles. The van der Waals surface area contributed by atoms with Gasteiger partial charge in [0.2, 0.25) is 0 Å². The molecule has 2 aromatic rings. The maximum Gasteiger partial charge on any atom is 0.0811 e. The van der Waals surface area contributed by atoms with Crippen LogP contribution in [0.3, 0.4) is 0 Å². The van der Waals surface area contributed by atoms with Crippen molar-refractivity contribution in [3.05, 3.63) is 40.7 Å². The van der Waals surface area contributed by atoms with Gasteiger partial charge >= 0.3 is 0 Å². The third-order valence-electron chi connectivity index (χ3n) is 1.86. The lowest BCUT2D eigenvalue weighted by Crippen LogP contribution is -1.86. The van der Waals surface area contributed by atoms with Crippen molar-refractivity contribution in [3.8, 4) is 11.3 Å². The van der Waals surface area contributed by atoms with Gasteiger partial charge in [-0.2, -0.15) is 5.10 Å². The normalized spacial score (nSPS) is 10.9. The second kappa shape index (κ2) is 4.02. The average Bonchev–Trinajstić information content (AvgIpc) is 2.72. The van der Waals surface area contributed by atoms with Gasteiger partial charge in [0.05, 0.1) is 17.4 Å². The molecule has 0 amide bonds. The van der Waals surface area contributed by atoms with E-state index in [1.165, 1.54) is 0 Å². The molecule has 1 aromatic carbocycles. The molecular formula is C10H9N3S. The fraction of sp³-hybridized carbons (Fsp3) is 0. The molecule has 3 nitrogen and oxygen atoms in total. The van der Waals surface area contributed by atoms with Crippen molar-refractivity contribution in [2.45, 2.75) is 0 Å². The van der Waals surface area contributed by atoms with Crippen LogP contribution in [0.15, 0.2) is 40.3 Å². The monoisotopic (exact) mass is 203 g/mol. The standard InChI is InChI=1S/C10H9N3S/c11-13-5-8-1-3-9(4-2-8)10-6-14-7-12-10/h1-7H,11H2. The molecule has 0 unspecified atom stereocenters. The second-order valence-electron chi connectivity index (χ2n) is 2.77. The number of benzene rings is 1. The molecule has 2 rings (SSSR count). The van der Waals surface area contributed by atoms with Gasteiger partial charge < -0.3 is 5.84 Å². The Kier molecular flexibility index (Phi) is 2.55. The van der Waals surface area contributed by atoms with Crippen molar-refractivity contribution in [2.24, 2.45) is 10.9 Å². The highest BCUT2D eigenvalue weighted by Crippen LogP contribution is 2.18. The average molecular weight is 203 g/mol. The molecule has 0 fully saturated rings.